The summed E-state index contributed by atoms with van der Waals surface area (Å²) in [6.07, 6.45) is 5.02. The van der Waals surface area contributed by atoms with Crippen LogP contribution in [0.3, 0.4) is 0 Å². The minimum atomic E-state index is -0.715. The standard InChI is InChI=1S/C25H29N3O4S/c1-25(2,3)17-11-9-16(10-12-17)23(31)27-14-22(30)32-15-21(29)28-24-19(13-26)18-7-5-4-6-8-20(18)33-24/h9-12H,4-8,14-15H2,1-3H3,(H,27,31)(H,28,29). The first-order chi connectivity index (χ1) is 15.7. The number of nitrogens with zero attached hydrogens (tertiary/aromatic N) is 1. The maximum absolute atomic E-state index is 12.3. The first-order valence-corrected chi connectivity index (χ1v) is 11.9. The summed E-state index contributed by atoms with van der Waals surface area (Å²) in [7, 11) is 0. The molecule has 0 saturated carbocycles. The first kappa shape index (κ1) is 24.5. The third-order valence-electron chi connectivity index (χ3n) is 5.56. The Morgan fingerprint density at radius 2 is 1.79 bits per heavy atom. The number of nitriles is 1. The second kappa shape index (κ2) is 10.6. The van der Waals surface area contributed by atoms with Crippen LogP contribution in [0.15, 0.2) is 24.3 Å². The monoisotopic (exact) mass is 467 g/mol. The van der Waals surface area contributed by atoms with Gasteiger partial charge in [-0.3, -0.25) is 14.4 Å². The Bertz CT molecular complexity index is 1070. The molecular formula is C25H29N3O4S. The SMILES string of the molecule is CC(C)(C)c1ccc(C(=O)NCC(=O)OCC(=O)Nc2sc3c(c2C#N)CCCCC3)cc1. The summed E-state index contributed by atoms with van der Waals surface area (Å²) in [5, 5.41) is 15.2. The van der Waals surface area contributed by atoms with Crippen LogP contribution >= 0.6 is 11.3 Å². The van der Waals surface area contributed by atoms with E-state index in [-0.39, 0.29) is 12.0 Å². The lowest BCUT2D eigenvalue weighted by molar-refractivity contribution is -0.146. The van der Waals surface area contributed by atoms with Crippen LogP contribution in [-0.2, 0) is 32.6 Å². The van der Waals surface area contributed by atoms with E-state index in [1.54, 1.807) is 12.1 Å². The van der Waals surface area contributed by atoms with Gasteiger partial charge in [-0.2, -0.15) is 5.26 Å². The molecule has 1 aromatic carbocycles. The maximum atomic E-state index is 12.3. The third-order valence-corrected chi connectivity index (χ3v) is 6.76. The summed E-state index contributed by atoms with van der Waals surface area (Å²) in [6, 6.07) is 9.40. The molecule has 0 spiro atoms. The van der Waals surface area contributed by atoms with Crippen LogP contribution in [0.5, 0.6) is 0 Å². The fraction of sp³-hybridized carbons (Fsp3) is 0.440. The molecule has 1 heterocycles. The van der Waals surface area contributed by atoms with Gasteiger partial charge in [0.05, 0.1) is 5.56 Å². The zero-order valence-corrected chi connectivity index (χ0v) is 20.1. The molecule has 0 aliphatic heterocycles. The molecule has 2 amide bonds. The van der Waals surface area contributed by atoms with E-state index in [2.05, 4.69) is 37.5 Å². The Labute approximate surface area is 198 Å². The summed E-state index contributed by atoms with van der Waals surface area (Å²) in [6.45, 7) is 5.43. The van der Waals surface area contributed by atoms with Crippen LogP contribution in [0, 0.1) is 11.3 Å². The second-order valence-electron chi connectivity index (χ2n) is 9.10. The van der Waals surface area contributed by atoms with Gasteiger partial charge >= 0.3 is 5.97 Å². The van der Waals surface area contributed by atoms with Crippen LogP contribution in [0.2, 0.25) is 0 Å². The molecule has 0 radical (unpaired) electrons. The van der Waals surface area contributed by atoms with Crippen molar-refractivity contribution < 1.29 is 19.1 Å². The molecule has 0 unspecified atom stereocenters. The van der Waals surface area contributed by atoms with Crippen LogP contribution in [0.4, 0.5) is 5.00 Å². The molecule has 0 saturated heterocycles. The number of rotatable bonds is 6. The minimum absolute atomic E-state index is 0.0187. The van der Waals surface area contributed by atoms with Gasteiger partial charge in [0.1, 0.15) is 17.6 Å². The normalized spacial score (nSPS) is 13.3. The molecule has 1 aliphatic rings. The van der Waals surface area contributed by atoms with E-state index >= 15 is 0 Å². The highest BCUT2D eigenvalue weighted by Crippen LogP contribution is 2.36. The predicted octanol–water partition coefficient (Wildman–Crippen LogP) is 4.10. The molecule has 174 valence electrons. The number of nitrogens with one attached hydrogen (secondary N) is 2. The fourth-order valence-corrected chi connectivity index (χ4v) is 4.94. The Balaban J connectivity index is 1.47. The number of aryl methyl sites for hydroxylation is 1. The summed E-state index contributed by atoms with van der Waals surface area (Å²) < 4.78 is 4.98. The van der Waals surface area contributed by atoms with E-state index in [0.29, 0.717) is 16.1 Å². The molecular weight excluding hydrogens is 438 g/mol. The van der Waals surface area contributed by atoms with Crippen molar-refractivity contribution in [2.24, 2.45) is 0 Å². The number of thiophene rings is 1. The van der Waals surface area contributed by atoms with Crippen molar-refractivity contribution in [3.05, 3.63) is 51.4 Å². The number of fused-ring (bicyclic) bond motifs is 1. The van der Waals surface area contributed by atoms with Crippen LogP contribution in [0.25, 0.3) is 0 Å². The number of benzene rings is 1. The average molecular weight is 468 g/mol. The lowest BCUT2D eigenvalue weighted by Gasteiger charge is -2.19. The third kappa shape index (κ3) is 6.42. The quantitative estimate of drug-likeness (QED) is 0.491. The predicted molar refractivity (Wildman–Crippen MR) is 127 cm³/mol. The molecule has 3 rings (SSSR count). The molecule has 7 nitrogen and oxygen atoms in total. The van der Waals surface area contributed by atoms with Crippen molar-refractivity contribution in [2.45, 2.75) is 58.3 Å². The topological polar surface area (TPSA) is 108 Å². The van der Waals surface area contributed by atoms with E-state index < -0.39 is 24.4 Å². The summed E-state index contributed by atoms with van der Waals surface area (Å²) in [5.74, 6) is -1.62. The molecule has 2 N–H and O–H groups in total. The highest BCUT2D eigenvalue weighted by molar-refractivity contribution is 7.16. The van der Waals surface area contributed by atoms with Gasteiger partial charge in [0.2, 0.25) is 0 Å². The highest BCUT2D eigenvalue weighted by Gasteiger charge is 2.21. The second-order valence-corrected chi connectivity index (χ2v) is 10.2. The lowest BCUT2D eigenvalue weighted by atomic mass is 9.87. The molecule has 8 heteroatoms. The van der Waals surface area contributed by atoms with Crippen molar-refractivity contribution in [3.8, 4) is 6.07 Å². The minimum Gasteiger partial charge on any atom is -0.454 e. The number of hydrogen-bond acceptors (Lipinski definition) is 6. The zero-order valence-electron chi connectivity index (χ0n) is 19.2. The van der Waals surface area contributed by atoms with Gasteiger partial charge in [-0.15, -0.1) is 11.3 Å². The largest absolute Gasteiger partial charge is 0.454 e. The zero-order chi connectivity index (χ0) is 24.0. The van der Waals surface area contributed by atoms with Gasteiger partial charge in [0, 0.05) is 10.4 Å². The Hall–Kier alpha value is -3.18. The van der Waals surface area contributed by atoms with E-state index in [9.17, 15) is 19.6 Å². The van der Waals surface area contributed by atoms with Crippen molar-refractivity contribution in [1.29, 1.82) is 5.26 Å². The molecule has 33 heavy (non-hydrogen) atoms. The molecule has 1 aromatic heterocycles. The Kier molecular flexibility index (Phi) is 7.88. The number of carbonyl (C=O) groups excluding carboxylic acids is 3. The lowest BCUT2D eigenvalue weighted by Crippen LogP contribution is -2.32. The van der Waals surface area contributed by atoms with E-state index in [1.807, 2.05) is 12.1 Å². The van der Waals surface area contributed by atoms with Gasteiger partial charge in [-0.25, -0.2) is 0 Å². The van der Waals surface area contributed by atoms with Gasteiger partial charge < -0.3 is 15.4 Å². The number of hydrogen-bond donors (Lipinski definition) is 2. The fourth-order valence-electron chi connectivity index (χ4n) is 3.68. The van der Waals surface area contributed by atoms with Crippen molar-refractivity contribution in [1.82, 2.24) is 5.32 Å². The molecule has 1 aliphatic carbocycles. The number of anilines is 1. The van der Waals surface area contributed by atoms with Crippen molar-refractivity contribution in [3.63, 3.8) is 0 Å². The van der Waals surface area contributed by atoms with Crippen molar-refractivity contribution >= 4 is 34.1 Å². The van der Waals surface area contributed by atoms with Gasteiger partial charge in [-0.1, -0.05) is 39.3 Å². The summed E-state index contributed by atoms with van der Waals surface area (Å²) >= 11 is 1.42. The Morgan fingerprint density at radius 3 is 2.45 bits per heavy atom. The Morgan fingerprint density at radius 1 is 1.09 bits per heavy atom. The summed E-state index contributed by atoms with van der Waals surface area (Å²) in [5.41, 5.74) is 3.07. The molecule has 0 atom stereocenters. The van der Waals surface area contributed by atoms with E-state index in [1.165, 1.54) is 11.3 Å². The van der Waals surface area contributed by atoms with Gasteiger partial charge in [0.25, 0.3) is 11.8 Å². The first-order valence-electron chi connectivity index (χ1n) is 11.1. The van der Waals surface area contributed by atoms with Crippen molar-refractivity contribution in [2.75, 3.05) is 18.5 Å². The molecule has 0 bridgehead atoms. The van der Waals surface area contributed by atoms with Gasteiger partial charge in [0.15, 0.2) is 6.61 Å². The van der Waals surface area contributed by atoms with Crippen LogP contribution in [0.1, 0.15) is 72.0 Å². The van der Waals surface area contributed by atoms with Gasteiger partial charge in [-0.05, 0) is 54.4 Å². The van der Waals surface area contributed by atoms with E-state index in [0.717, 1.165) is 48.1 Å². The molecule has 2 aromatic rings. The number of ether oxygens (including phenoxy) is 1. The number of amides is 2. The maximum Gasteiger partial charge on any atom is 0.325 e. The number of carbonyl (C=O) groups is 3. The van der Waals surface area contributed by atoms with E-state index in [4.69, 9.17) is 4.74 Å². The summed E-state index contributed by atoms with van der Waals surface area (Å²) in [4.78, 5) is 37.6. The average Bonchev–Trinajstić information content (AvgIpc) is 2.94. The molecule has 0 fully saturated rings. The van der Waals surface area contributed by atoms with Crippen LogP contribution < -0.4 is 10.6 Å². The van der Waals surface area contributed by atoms with Crippen LogP contribution in [-0.4, -0.2) is 30.9 Å². The number of esters is 1. The smallest absolute Gasteiger partial charge is 0.325 e. The highest BCUT2D eigenvalue weighted by atomic mass is 32.1.